The smallest absolute Gasteiger partial charge is 0.408 e. The van der Waals surface area contributed by atoms with Gasteiger partial charge in [-0.3, -0.25) is 4.79 Å². The number of benzene rings is 1. The molecule has 0 aromatic heterocycles. The number of ether oxygens (including phenoxy) is 2. The van der Waals surface area contributed by atoms with Crippen molar-refractivity contribution in [2.75, 3.05) is 13.7 Å². The van der Waals surface area contributed by atoms with E-state index in [-0.39, 0.29) is 19.1 Å². The van der Waals surface area contributed by atoms with Crippen LogP contribution in [0.5, 0.6) is 0 Å². The lowest BCUT2D eigenvalue weighted by Crippen LogP contribution is -2.57. The third-order valence-electron chi connectivity index (χ3n) is 6.81. The summed E-state index contributed by atoms with van der Waals surface area (Å²) in [6, 6.07) is 5.67. The molecule has 0 spiro atoms. The lowest BCUT2D eigenvalue weighted by Gasteiger charge is -2.35. The van der Waals surface area contributed by atoms with Gasteiger partial charge in [0.2, 0.25) is 5.91 Å². The minimum atomic E-state index is -1.10. The first-order chi connectivity index (χ1) is 15.5. The summed E-state index contributed by atoms with van der Waals surface area (Å²) in [6.45, 7) is 5.58. The number of nitrogens with zero attached hydrogens (tertiary/aromatic N) is 1. The Labute approximate surface area is 196 Å². The maximum atomic E-state index is 13.7. The highest BCUT2D eigenvalue weighted by molar-refractivity contribution is 6.32. The number of aliphatic carboxylic acids is 1. The fourth-order valence-corrected chi connectivity index (χ4v) is 4.78. The zero-order valence-corrected chi connectivity index (χ0v) is 20.2. The molecule has 3 rings (SSSR count). The van der Waals surface area contributed by atoms with E-state index in [1.165, 1.54) is 12.0 Å². The number of hydrogen-bond acceptors (Lipinski definition) is 5. The Morgan fingerprint density at radius 1 is 1.18 bits per heavy atom. The fraction of sp³-hybridized carbons (Fsp3) is 0.625. The molecule has 2 aliphatic rings. The summed E-state index contributed by atoms with van der Waals surface area (Å²) in [7, 11) is 3.50. The van der Waals surface area contributed by atoms with Crippen LogP contribution in [0.2, 0.25) is 0 Å². The highest BCUT2D eigenvalue weighted by atomic mass is 16.6. The number of rotatable bonds is 6. The second-order valence-electron chi connectivity index (χ2n) is 10.3. The van der Waals surface area contributed by atoms with Crippen molar-refractivity contribution >= 4 is 31.3 Å². The summed E-state index contributed by atoms with van der Waals surface area (Å²) in [5, 5.41) is 12.7. The van der Waals surface area contributed by atoms with E-state index in [0.717, 1.165) is 36.7 Å². The Balaban J connectivity index is 1.86. The van der Waals surface area contributed by atoms with Crippen LogP contribution in [0.4, 0.5) is 4.79 Å². The maximum absolute atomic E-state index is 13.7. The van der Waals surface area contributed by atoms with E-state index >= 15 is 0 Å². The minimum Gasteiger partial charge on any atom is -0.480 e. The molecule has 0 unspecified atom stereocenters. The number of carbonyl (C=O) groups is 3. The number of amides is 2. The summed E-state index contributed by atoms with van der Waals surface area (Å²) in [6.07, 6.45) is 3.03. The van der Waals surface area contributed by atoms with Gasteiger partial charge in [-0.15, -0.1) is 0 Å². The van der Waals surface area contributed by atoms with E-state index < -0.39 is 41.1 Å². The molecule has 2 amide bonds. The predicted octanol–water partition coefficient (Wildman–Crippen LogP) is 1.56. The number of carboxylic acids is 1. The molecule has 33 heavy (non-hydrogen) atoms. The Bertz CT molecular complexity index is 878. The molecule has 1 aliphatic heterocycles. The van der Waals surface area contributed by atoms with Gasteiger partial charge in [-0.1, -0.05) is 50.5 Å². The lowest BCUT2D eigenvalue weighted by atomic mass is 9.85. The predicted molar refractivity (Wildman–Crippen MR) is 126 cm³/mol. The molecule has 3 atom stereocenters. The highest BCUT2D eigenvalue weighted by Gasteiger charge is 2.52. The molecule has 9 heteroatoms. The van der Waals surface area contributed by atoms with Crippen molar-refractivity contribution in [3.05, 3.63) is 29.8 Å². The zero-order valence-electron chi connectivity index (χ0n) is 20.2. The SMILES string of the molecule is Bc1ccc([C@]2(OC)C[C@@H](C(=O)O)N(C(=O)[C@@H](NC(=O)OC3CCCC3)C(C)(C)C)C2)cc1. The molecule has 1 aromatic rings. The van der Waals surface area contributed by atoms with Crippen molar-refractivity contribution in [2.24, 2.45) is 5.41 Å². The highest BCUT2D eigenvalue weighted by Crippen LogP contribution is 2.40. The second-order valence-corrected chi connectivity index (χ2v) is 10.3. The molecular weight excluding hydrogens is 423 g/mol. The van der Waals surface area contributed by atoms with Crippen molar-refractivity contribution in [1.82, 2.24) is 10.2 Å². The quantitative estimate of drug-likeness (QED) is 0.627. The van der Waals surface area contributed by atoms with E-state index in [1.807, 2.05) is 52.9 Å². The second kappa shape index (κ2) is 9.75. The first-order valence-corrected chi connectivity index (χ1v) is 11.6. The summed E-state index contributed by atoms with van der Waals surface area (Å²) in [5.74, 6) is -1.56. The van der Waals surface area contributed by atoms with E-state index in [2.05, 4.69) is 5.32 Å². The van der Waals surface area contributed by atoms with Crippen LogP contribution in [0.3, 0.4) is 0 Å². The van der Waals surface area contributed by atoms with Gasteiger partial charge in [-0.2, -0.15) is 0 Å². The van der Waals surface area contributed by atoms with Crippen LogP contribution < -0.4 is 10.8 Å². The van der Waals surface area contributed by atoms with Crippen LogP contribution in [0.1, 0.15) is 58.4 Å². The zero-order chi connectivity index (χ0) is 24.4. The molecule has 2 fully saturated rings. The molecule has 8 nitrogen and oxygen atoms in total. The summed E-state index contributed by atoms with van der Waals surface area (Å²) in [4.78, 5) is 39.8. The van der Waals surface area contributed by atoms with Gasteiger partial charge in [-0.05, 0) is 36.7 Å². The monoisotopic (exact) mass is 458 g/mol. The fourth-order valence-electron chi connectivity index (χ4n) is 4.78. The van der Waals surface area contributed by atoms with Crippen molar-refractivity contribution in [2.45, 2.75) is 76.7 Å². The topological polar surface area (TPSA) is 105 Å². The van der Waals surface area contributed by atoms with Crippen LogP contribution in [0, 0.1) is 5.41 Å². The van der Waals surface area contributed by atoms with Gasteiger partial charge in [0.05, 0.1) is 6.54 Å². The molecule has 1 saturated carbocycles. The number of methoxy groups -OCH3 is 1. The molecule has 0 bridgehead atoms. The van der Waals surface area contributed by atoms with Crippen LogP contribution in [0.15, 0.2) is 24.3 Å². The number of alkyl carbamates (subject to hydrolysis) is 1. The number of carboxylic acid groups (broad SMARTS) is 1. The summed E-state index contributed by atoms with van der Waals surface area (Å²) >= 11 is 0. The maximum Gasteiger partial charge on any atom is 0.408 e. The van der Waals surface area contributed by atoms with E-state index in [0.29, 0.717) is 0 Å². The van der Waals surface area contributed by atoms with Gasteiger partial charge in [0.15, 0.2) is 0 Å². The van der Waals surface area contributed by atoms with E-state index in [4.69, 9.17) is 9.47 Å². The average molecular weight is 458 g/mol. The molecule has 180 valence electrons. The third kappa shape index (κ3) is 5.51. The van der Waals surface area contributed by atoms with Crippen LogP contribution >= 0.6 is 0 Å². The summed E-state index contributed by atoms with van der Waals surface area (Å²) in [5.41, 5.74) is 0.289. The van der Waals surface area contributed by atoms with Crippen molar-refractivity contribution in [1.29, 1.82) is 0 Å². The van der Waals surface area contributed by atoms with Crippen LogP contribution in [-0.4, -0.2) is 67.7 Å². The largest absolute Gasteiger partial charge is 0.480 e. The van der Waals surface area contributed by atoms with Crippen molar-refractivity contribution < 1.29 is 29.0 Å². The van der Waals surface area contributed by atoms with Crippen LogP contribution in [0.25, 0.3) is 0 Å². The van der Waals surface area contributed by atoms with Gasteiger partial charge in [0, 0.05) is 13.5 Å². The minimum absolute atomic E-state index is 0.0777. The first-order valence-electron chi connectivity index (χ1n) is 11.6. The van der Waals surface area contributed by atoms with E-state index in [9.17, 15) is 19.5 Å². The van der Waals surface area contributed by atoms with Crippen LogP contribution in [-0.2, 0) is 24.7 Å². The molecular formula is C24H35BN2O6. The Kier molecular flexibility index (Phi) is 7.41. The van der Waals surface area contributed by atoms with Crippen molar-refractivity contribution in [3.63, 3.8) is 0 Å². The molecule has 1 aromatic carbocycles. The number of carbonyl (C=O) groups excluding carboxylic acids is 2. The van der Waals surface area contributed by atoms with Gasteiger partial charge in [0.25, 0.3) is 0 Å². The van der Waals surface area contributed by atoms with Crippen molar-refractivity contribution in [3.8, 4) is 0 Å². The Morgan fingerprint density at radius 3 is 2.30 bits per heavy atom. The van der Waals surface area contributed by atoms with Gasteiger partial charge >= 0.3 is 12.1 Å². The number of nitrogens with one attached hydrogen (secondary N) is 1. The number of likely N-dealkylation sites (tertiary alicyclic amines) is 1. The van der Waals surface area contributed by atoms with Gasteiger partial charge < -0.3 is 24.8 Å². The third-order valence-corrected chi connectivity index (χ3v) is 6.81. The van der Waals surface area contributed by atoms with Gasteiger partial charge in [-0.25, -0.2) is 9.59 Å². The normalized spacial score (nSPS) is 24.5. The number of hydrogen-bond donors (Lipinski definition) is 2. The molecule has 1 saturated heterocycles. The van der Waals surface area contributed by atoms with Gasteiger partial charge in [0.1, 0.15) is 31.6 Å². The molecule has 2 N–H and O–H groups in total. The Morgan fingerprint density at radius 2 is 1.79 bits per heavy atom. The average Bonchev–Trinajstić information content (AvgIpc) is 3.40. The lowest BCUT2D eigenvalue weighted by molar-refractivity contribution is -0.150. The first kappa shape index (κ1) is 25.1. The Hall–Kier alpha value is -2.55. The summed E-state index contributed by atoms with van der Waals surface area (Å²) < 4.78 is 11.4. The standard InChI is InChI=1S/C24H35BN2O6/c1-23(2,3)19(26-22(31)33-17-7-5-6-8-17)20(28)27-14-24(32-4,13-18(27)21(29)30)15-9-11-16(25)12-10-15/h9-12,17-19H,5-8,13-14,25H2,1-4H3,(H,26,31)(H,29,30)/t18-,19+,24-/m0/s1. The molecule has 1 aliphatic carbocycles. The molecule has 1 heterocycles. The van der Waals surface area contributed by atoms with E-state index in [1.54, 1.807) is 0 Å². The molecule has 0 radical (unpaired) electrons.